The van der Waals surface area contributed by atoms with Crippen molar-refractivity contribution in [2.45, 2.75) is 18.6 Å². The first-order chi connectivity index (χ1) is 19.1. The Labute approximate surface area is 228 Å². The van der Waals surface area contributed by atoms with Crippen LogP contribution in [0.3, 0.4) is 0 Å². The fraction of sp³-hybridized carbons (Fsp3) is 0.0857. The smallest absolute Gasteiger partial charge is 0.303 e. The number of hydrogen-bond donors (Lipinski definition) is 0. The van der Waals surface area contributed by atoms with Crippen molar-refractivity contribution >= 4 is 5.97 Å². The molecule has 0 radical (unpaired) electrons. The largest absolute Gasteiger partial charge is 0.473 e. The van der Waals surface area contributed by atoms with Gasteiger partial charge in [-0.15, -0.1) is 0 Å². The zero-order valence-corrected chi connectivity index (χ0v) is 21.5. The van der Waals surface area contributed by atoms with Crippen LogP contribution in [-0.2, 0) is 15.1 Å². The Kier molecular flexibility index (Phi) is 7.52. The lowest BCUT2D eigenvalue weighted by molar-refractivity contribution is -0.158. The van der Waals surface area contributed by atoms with Crippen molar-refractivity contribution in [3.63, 3.8) is 0 Å². The fourth-order valence-corrected chi connectivity index (χ4v) is 4.83. The van der Waals surface area contributed by atoms with Gasteiger partial charge in [-0.1, -0.05) is 115 Å². The van der Waals surface area contributed by atoms with Crippen molar-refractivity contribution in [3.05, 3.63) is 162 Å². The molecule has 0 aliphatic carbocycles. The summed E-state index contributed by atoms with van der Waals surface area (Å²) in [5, 5.41) is 9.12. The van der Waals surface area contributed by atoms with Crippen LogP contribution in [0.2, 0.25) is 0 Å². The van der Waals surface area contributed by atoms with Gasteiger partial charge < -0.3 is 9.47 Å². The minimum absolute atomic E-state index is 0.403. The topological polar surface area (TPSA) is 59.3 Å². The third-order valence-corrected chi connectivity index (χ3v) is 6.64. The van der Waals surface area contributed by atoms with E-state index in [9.17, 15) is 4.79 Å². The third-order valence-electron chi connectivity index (χ3n) is 6.64. The molecule has 5 aromatic carbocycles. The van der Waals surface area contributed by atoms with Gasteiger partial charge in [0.1, 0.15) is 5.75 Å². The summed E-state index contributed by atoms with van der Waals surface area (Å²) in [4.78, 5) is 12.5. The van der Waals surface area contributed by atoms with Crippen molar-refractivity contribution in [3.8, 4) is 22.9 Å². The number of ether oxygens (including phenoxy) is 2. The summed E-state index contributed by atoms with van der Waals surface area (Å²) in [6, 6.07) is 46.9. The summed E-state index contributed by atoms with van der Waals surface area (Å²) in [7, 11) is 0. The molecular weight excluding hydrogens is 482 g/mol. The second-order valence-corrected chi connectivity index (χ2v) is 9.18. The molecule has 39 heavy (non-hydrogen) atoms. The second-order valence-electron chi connectivity index (χ2n) is 9.18. The van der Waals surface area contributed by atoms with Crippen LogP contribution in [0.4, 0.5) is 0 Å². The highest BCUT2D eigenvalue weighted by Crippen LogP contribution is 2.47. The maximum absolute atomic E-state index is 12.5. The highest BCUT2D eigenvalue weighted by molar-refractivity contribution is 5.67. The van der Waals surface area contributed by atoms with Gasteiger partial charge in [0.15, 0.2) is 11.7 Å². The van der Waals surface area contributed by atoms with Crippen LogP contribution >= 0.6 is 0 Å². The van der Waals surface area contributed by atoms with Gasteiger partial charge in [-0.3, -0.25) is 4.79 Å². The van der Waals surface area contributed by atoms with Gasteiger partial charge in [-0.25, -0.2) is 0 Å². The van der Waals surface area contributed by atoms with Crippen LogP contribution in [0.25, 0.3) is 11.1 Å². The van der Waals surface area contributed by atoms with Crippen molar-refractivity contribution in [1.29, 1.82) is 5.26 Å². The number of esters is 1. The first kappa shape index (κ1) is 25.5. The minimum atomic E-state index is -1.19. The number of benzene rings is 5. The molecule has 0 spiro atoms. The Morgan fingerprint density at radius 3 is 1.59 bits per heavy atom. The molecule has 1 atom stereocenters. The first-order valence-corrected chi connectivity index (χ1v) is 12.7. The Balaban J connectivity index is 1.67. The van der Waals surface area contributed by atoms with Gasteiger partial charge >= 0.3 is 5.97 Å². The van der Waals surface area contributed by atoms with Crippen LogP contribution in [-0.4, -0.2) is 5.97 Å². The molecule has 0 fully saturated rings. The standard InChI is InChI=1S/C35H27NO3/c1-26(37)38-34(30-11-5-2-6-12-30)35(31-13-7-3-8-14-31,32-15-9-4-10-16-32)39-33-23-21-29(22-24-33)28-19-17-27(25-36)18-20-28/h2-24,34H,1H3/t34-/m0/s1. The minimum Gasteiger partial charge on any atom is -0.473 e. The summed E-state index contributed by atoms with van der Waals surface area (Å²) in [5.41, 5.74) is 3.94. The Morgan fingerprint density at radius 2 is 1.13 bits per heavy atom. The summed E-state index contributed by atoms with van der Waals surface area (Å²) in [6.45, 7) is 1.42. The van der Waals surface area contributed by atoms with E-state index in [-0.39, 0.29) is 0 Å². The van der Waals surface area contributed by atoms with Crippen molar-refractivity contribution in [1.82, 2.24) is 0 Å². The van der Waals surface area contributed by atoms with E-state index in [0.29, 0.717) is 11.3 Å². The molecule has 0 aromatic heterocycles. The molecule has 0 N–H and O–H groups in total. The van der Waals surface area contributed by atoms with Gasteiger partial charge in [-0.05, 0) is 41.0 Å². The average Bonchev–Trinajstić information content (AvgIpc) is 3.00. The molecule has 0 heterocycles. The molecule has 5 rings (SSSR count). The molecule has 0 bridgehead atoms. The lowest BCUT2D eigenvalue weighted by Crippen LogP contribution is -2.43. The predicted octanol–water partition coefficient (Wildman–Crippen LogP) is 7.85. The second kappa shape index (κ2) is 11.5. The van der Waals surface area contributed by atoms with E-state index in [1.54, 1.807) is 12.1 Å². The Bertz CT molecular complexity index is 1520. The molecule has 0 aliphatic heterocycles. The van der Waals surface area contributed by atoms with E-state index >= 15 is 0 Å². The molecule has 4 nitrogen and oxygen atoms in total. The molecule has 0 unspecified atom stereocenters. The number of carbonyl (C=O) groups is 1. The quantitative estimate of drug-likeness (QED) is 0.200. The SMILES string of the molecule is CC(=O)O[C@@H](c1ccccc1)C(Oc1ccc(-c2ccc(C#N)cc2)cc1)(c1ccccc1)c1ccccc1. The molecule has 190 valence electrons. The van der Waals surface area contributed by atoms with Crippen LogP contribution in [0, 0.1) is 11.3 Å². The van der Waals surface area contributed by atoms with Gasteiger partial charge in [0.2, 0.25) is 0 Å². The lowest BCUT2D eigenvalue weighted by atomic mass is 9.78. The Hall–Kier alpha value is -5.14. The summed E-state index contributed by atoms with van der Waals surface area (Å²) in [5.74, 6) is 0.216. The molecule has 4 heteroatoms. The molecule has 5 aromatic rings. The van der Waals surface area contributed by atoms with Gasteiger partial charge in [0.25, 0.3) is 0 Å². The molecule has 0 saturated carbocycles. The summed E-state index contributed by atoms with van der Waals surface area (Å²) >= 11 is 0. The fourth-order valence-electron chi connectivity index (χ4n) is 4.83. The molecule has 0 saturated heterocycles. The number of hydrogen-bond acceptors (Lipinski definition) is 4. The van der Waals surface area contributed by atoms with Gasteiger partial charge in [-0.2, -0.15) is 5.26 Å². The number of rotatable bonds is 8. The molecule has 0 aliphatic rings. The van der Waals surface area contributed by atoms with Crippen LogP contribution in [0.1, 0.15) is 35.3 Å². The third kappa shape index (κ3) is 5.44. The number of nitriles is 1. The lowest BCUT2D eigenvalue weighted by Gasteiger charge is -2.41. The number of carbonyl (C=O) groups excluding carboxylic acids is 1. The predicted molar refractivity (Wildman–Crippen MR) is 152 cm³/mol. The van der Waals surface area contributed by atoms with Crippen LogP contribution in [0.5, 0.6) is 5.75 Å². The van der Waals surface area contributed by atoms with Crippen molar-refractivity contribution in [2.75, 3.05) is 0 Å². The molecule has 0 amide bonds. The van der Waals surface area contributed by atoms with Gasteiger partial charge in [0.05, 0.1) is 11.6 Å². The normalized spacial score (nSPS) is 11.7. The van der Waals surface area contributed by atoms with E-state index in [0.717, 1.165) is 27.8 Å². The van der Waals surface area contributed by atoms with Crippen LogP contribution < -0.4 is 4.74 Å². The van der Waals surface area contributed by atoms with Crippen molar-refractivity contribution in [2.24, 2.45) is 0 Å². The zero-order valence-electron chi connectivity index (χ0n) is 21.5. The van der Waals surface area contributed by atoms with E-state index in [4.69, 9.17) is 14.7 Å². The average molecular weight is 510 g/mol. The number of nitrogens with zero attached hydrogens (tertiary/aromatic N) is 1. The molecular formula is C35H27NO3. The summed E-state index contributed by atoms with van der Waals surface area (Å²) < 4.78 is 13.1. The highest BCUT2D eigenvalue weighted by atomic mass is 16.6. The van der Waals surface area contributed by atoms with Gasteiger partial charge in [0, 0.05) is 18.1 Å². The van der Waals surface area contributed by atoms with E-state index in [1.807, 2.05) is 127 Å². The van der Waals surface area contributed by atoms with E-state index in [1.165, 1.54) is 6.92 Å². The maximum atomic E-state index is 12.5. The summed E-state index contributed by atoms with van der Waals surface area (Å²) in [6.07, 6.45) is -0.779. The Morgan fingerprint density at radius 1 is 0.667 bits per heavy atom. The first-order valence-electron chi connectivity index (χ1n) is 12.7. The van der Waals surface area contributed by atoms with E-state index < -0.39 is 17.7 Å². The van der Waals surface area contributed by atoms with Crippen molar-refractivity contribution < 1.29 is 14.3 Å². The van der Waals surface area contributed by atoms with E-state index in [2.05, 4.69) is 6.07 Å². The maximum Gasteiger partial charge on any atom is 0.303 e. The highest BCUT2D eigenvalue weighted by Gasteiger charge is 2.48. The zero-order chi connectivity index (χ0) is 27.1. The van der Waals surface area contributed by atoms with Crippen LogP contribution in [0.15, 0.2) is 140 Å². The monoisotopic (exact) mass is 509 g/mol.